The Morgan fingerprint density at radius 1 is 0.844 bits per heavy atom. The molecule has 0 bridgehead atoms. The van der Waals surface area contributed by atoms with Crippen LogP contribution in [0.3, 0.4) is 0 Å². The molecule has 1 aromatic heterocycles. The second-order valence-electron chi connectivity index (χ2n) is 7.26. The van der Waals surface area contributed by atoms with Crippen molar-refractivity contribution in [3.05, 3.63) is 106 Å². The van der Waals surface area contributed by atoms with Gasteiger partial charge < -0.3 is 10.6 Å². The zero-order valence-corrected chi connectivity index (χ0v) is 18.4. The van der Waals surface area contributed by atoms with Gasteiger partial charge in [0, 0.05) is 10.6 Å². The highest BCUT2D eigenvalue weighted by Crippen LogP contribution is 2.25. The molecule has 160 valence electrons. The molecule has 0 unspecified atom stereocenters. The minimum Gasteiger partial charge on any atom is -0.321 e. The summed E-state index contributed by atoms with van der Waals surface area (Å²) < 4.78 is 1.79. The predicted octanol–water partition coefficient (Wildman–Crippen LogP) is 5.65. The average molecular weight is 445 g/mol. The Labute approximate surface area is 190 Å². The molecule has 0 aliphatic rings. The van der Waals surface area contributed by atoms with Crippen molar-refractivity contribution < 1.29 is 9.59 Å². The van der Waals surface area contributed by atoms with Gasteiger partial charge in [0.2, 0.25) is 0 Å². The number of para-hydroxylation sites is 2. The number of amides is 2. The Kier molecular flexibility index (Phi) is 6.05. The van der Waals surface area contributed by atoms with Crippen molar-refractivity contribution in [3.8, 4) is 5.69 Å². The van der Waals surface area contributed by atoms with Gasteiger partial charge in [0.1, 0.15) is 0 Å². The average Bonchev–Trinajstić information content (AvgIpc) is 3.08. The molecule has 1 heterocycles. The van der Waals surface area contributed by atoms with E-state index in [1.165, 1.54) is 0 Å². The van der Waals surface area contributed by atoms with Crippen LogP contribution >= 0.6 is 11.6 Å². The van der Waals surface area contributed by atoms with Crippen molar-refractivity contribution in [2.45, 2.75) is 13.8 Å². The molecule has 0 aliphatic heterocycles. The summed E-state index contributed by atoms with van der Waals surface area (Å²) in [4.78, 5) is 25.8. The van der Waals surface area contributed by atoms with Gasteiger partial charge in [0.25, 0.3) is 11.8 Å². The Morgan fingerprint density at radius 2 is 1.56 bits per heavy atom. The van der Waals surface area contributed by atoms with Gasteiger partial charge in [-0.1, -0.05) is 48.0 Å². The zero-order valence-electron chi connectivity index (χ0n) is 17.6. The summed E-state index contributed by atoms with van der Waals surface area (Å²) in [6.07, 6.45) is 0. The number of nitrogens with one attached hydrogen (secondary N) is 2. The summed E-state index contributed by atoms with van der Waals surface area (Å²) in [5, 5.41) is 10.8. The maximum Gasteiger partial charge on any atom is 0.257 e. The Hall–Kier alpha value is -3.90. The topological polar surface area (TPSA) is 76.0 Å². The first-order valence-corrected chi connectivity index (χ1v) is 10.4. The first-order chi connectivity index (χ1) is 15.4. The molecule has 0 spiro atoms. The molecular weight excluding hydrogens is 424 g/mol. The number of halogens is 1. The molecule has 6 nitrogen and oxygen atoms in total. The fraction of sp³-hybridized carbons (Fsp3) is 0.0800. The fourth-order valence-corrected chi connectivity index (χ4v) is 3.63. The standard InChI is InChI=1S/C25H21ClN4O2/c1-16-23(17(2)30(29-16)20-11-4-3-5-12-20)28-25(32)21-13-6-7-14-22(21)27-24(31)18-9-8-10-19(26)15-18/h3-15H,1-2H3,(H,27,31)(H,28,32). The molecule has 32 heavy (non-hydrogen) atoms. The van der Waals surface area contributed by atoms with Gasteiger partial charge in [-0.2, -0.15) is 5.10 Å². The van der Waals surface area contributed by atoms with E-state index in [-0.39, 0.29) is 11.8 Å². The lowest BCUT2D eigenvalue weighted by Gasteiger charge is -2.12. The molecule has 0 radical (unpaired) electrons. The second-order valence-corrected chi connectivity index (χ2v) is 7.69. The number of aromatic nitrogens is 2. The highest BCUT2D eigenvalue weighted by Gasteiger charge is 2.19. The van der Waals surface area contributed by atoms with Gasteiger partial charge in [-0.3, -0.25) is 9.59 Å². The second kappa shape index (κ2) is 9.08. The number of benzene rings is 3. The summed E-state index contributed by atoms with van der Waals surface area (Å²) in [5.41, 5.74) is 4.19. The van der Waals surface area contributed by atoms with Crippen molar-refractivity contribution in [1.82, 2.24) is 9.78 Å². The van der Waals surface area contributed by atoms with Gasteiger partial charge in [0.15, 0.2) is 0 Å². The van der Waals surface area contributed by atoms with Crippen LogP contribution in [0, 0.1) is 13.8 Å². The summed E-state index contributed by atoms with van der Waals surface area (Å²) >= 11 is 5.99. The molecule has 4 rings (SSSR count). The minimum atomic E-state index is -0.350. The highest BCUT2D eigenvalue weighted by atomic mass is 35.5. The van der Waals surface area contributed by atoms with E-state index in [1.54, 1.807) is 53.2 Å². The van der Waals surface area contributed by atoms with E-state index >= 15 is 0 Å². The largest absolute Gasteiger partial charge is 0.321 e. The number of carbonyl (C=O) groups excluding carboxylic acids is 2. The SMILES string of the molecule is Cc1nn(-c2ccccc2)c(C)c1NC(=O)c1ccccc1NC(=O)c1cccc(Cl)c1. The van der Waals surface area contributed by atoms with Crippen LogP contribution in [0.15, 0.2) is 78.9 Å². The number of hydrogen-bond acceptors (Lipinski definition) is 3. The summed E-state index contributed by atoms with van der Waals surface area (Å²) in [6, 6.07) is 23.2. The number of aryl methyl sites for hydroxylation is 1. The fourth-order valence-electron chi connectivity index (χ4n) is 3.44. The van der Waals surface area contributed by atoms with Crippen molar-refractivity contribution in [2.75, 3.05) is 10.6 Å². The molecule has 2 N–H and O–H groups in total. The van der Waals surface area contributed by atoms with Crippen LogP contribution in [-0.2, 0) is 0 Å². The molecule has 0 saturated carbocycles. The van der Waals surface area contributed by atoms with Crippen molar-refractivity contribution in [1.29, 1.82) is 0 Å². The van der Waals surface area contributed by atoms with Gasteiger partial charge in [0.05, 0.1) is 34.0 Å². The van der Waals surface area contributed by atoms with E-state index < -0.39 is 0 Å². The predicted molar refractivity (Wildman–Crippen MR) is 127 cm³/mol. The Bertz CT molecular complexity index is 1300. The molecule has 0 fully saturated rings. The minimum absolute atomic E-state index is 0.342. The first-order valence-electron chi connectivity index (χ1n) is 10.0. The number of hydrogen-bond donors (Lipinski definition) is 2. The Balaban J connectivity index is 1.59. The van der Waals surface area contributed by atoms with Gasteiger partial charge in [-0.05, 0) is 56.3 Å². The third kappa shape index (κ3) is 4.40. The lowest BCUT2D eigenvalue weighted by molar-refractivity contribution is 0.102. The molecule has 0 aliphatic carbocycles. The van der Waals surface area contributed by atoms with Gasteiger partial charge >= 0.3 is 0 Å². The van der Waals surface area contributed by atoms with Crippen LogP contribution < -0.4 is 10.6 Å². The van der Waals surface area contributed by atoms with Crippen LogP contribution in [0.1, 0.15) is 32.1 Å². The molecular formula is C25H21ClN4O2. The van der Waals surface area contributed by atoms with E-state index in [4.69, 9.17) is 11.6 Å². The number of carbonyl (C=O) groups is 2. The van der Waals surface area contributed by atoms with Crippen LogP contribution in [0.4, 0.5) is 11.4 Å². The zero-order chi connectivity index (χ0) is 22.7. The van der Waals surface area contributed by atoms with Crippen LogP contribution in [-0.4, -0.2) is 21.6 Å². The van der Waals surface area contributed by atoms with Gasteiger partial charge in [-0.15, -0.1) is 0 Å². The van der Waals surface area contributed by atoms with E-state index in [9.17, 15) is 9.59 Å². The van der Waals surface area contributed by atoms with Crippen LogP contribution in [0.2, 0.25) is 5.02 Å². The third-order valence-corrected chi connectivity index (χ3v) is 5.27. The quantitative estimate of drug-likeness (QED) is 0.417. The molecule has 2 amide bonds. The van der Waals surface area contributed by atoms with Crippen molar-refractivity contribution in [2.24, 2.45) is 0 Å². The van der Waals surface area contributed by atoms with Crippen LogP contribution in [0.5, 0.6) is 0 Å². The van der Waals surface area contributed by atoms with E-state index in [0.29, 0.717) is 33.2 Å². The molecule has 3 aromatic carbocycles. The molecule has 0 atom stereocenters. The third-order valence-electron chi connectivity index (χ3n) is 5.04. The summed E-state index contributed by atoms with van der Waals surface area (Å²) in [5.74, 6) is -0.692. The maximum atomic E-state index is 13.1. The Morgan fingerprint density at radius 3 is 2.31 bits per heavy atom. The van der Waals surface area contributed by atoms with E-state index in [1.807, 2.05) is 44.2 Å². The summed E-state index contributed by atoms with van der Waals surface area (Å²) in [6.45, 7) is 3.74. The van der Waals surface area contributed by atoms with Gasteiger partial charge in [-0.25, -0.2) is 4.68 Å². The highest BCUT2D eigenvalue weighted by molar-refractivity contribution is 6.31. The van der Waals surface area contributed by atoms with E-state index in [2.05, 4.69) is 15.7 Å². The molecule has 7 heteroatoms. The van der Waals surface area contributed by atoms with Crippen molar-refractivity contribution in [3.63, 3.8) is 0 Å². The smallest absolute Gasteiger partial charge is 0.257 e. The monoisotopic (exact) mass is 444 g/mol. The first kappa shape index (κ1) is 21.3. The number of rotatable bonds is 5. The molecule has 4 aromatic rings. The van der Waals surface area contributed by atoms with E-state index in [0.717, 1.165) is 11.4 Å². The molecule has 0 saturated heterocycles. The lowest BCUT2D eigenvalue weighted by atomic mass is 10.1. The normalized spacial score (nSPS) is 10.6. The lowest BCUT2D eigenvalue weighted by Crippen LogP contribution is -2.18. The number of nitrogens with zero attached hydrogens (tertiary/aromatic N) is 2. The van der Waals surface area contributed by atoms with Crippen LogP contribution in [0.25, 0.3) is 5.69 Å². The maximum absolute atomic E-state index is 13.1. The van der Waals surface area contributed by atoms with Crippen molar-refractivity contribution >= 4 is 34.8 Å². The summed E-state index contributed by atoms with van der Waals surface area (Å²) in [7, 11) is 0. The number of anilines is 2.